The molecular formula is C12H9BrCl2N2. The fraction of sp³-hybridized carbons (Fsp3) is 0. The van der Waals surface area contributed by atoms with E-state index in [1.165, 1.54) is 0 Å². The standard InChI is InChI=1S/C12H9BrCl2N2/c13-8-6-7(14)4-5-10(8)17-11-3-1-2-9(15)12(11)16/h1-6,17H,16H2. The van der Waals surface area contributed by atoms with Gasteiger partial charge in [0.25, 0.3) is 0 Å². The van der Waals surface area contributed by atoms with Gasteiger partial charge in [0.05, 0.1) is 22.1 Å². The van der Waals surface area contributed by atoms with E-state index in [0.29, 0.717) is 15.7 Å². The quantitative estimate of drug-likeness (QED) is 0.753. The number of para-hydroxylation sites is 1. The van der Waals surface area contributed by atoms with Gasteiger partial charge in [0.15, 0.2) is 0 Å². The van der Waals surface area contributed by atoms with Gasteiger partial charge in [-0.3, -0.25) is 0 Å². The van der Waals surface area contributed by atoms with Crippen LogP contribution in [0.15, 0.2) is 40.9 Å². The van der Waals surface area contributed by atoms with Crippen molar-refractivity contribution in [2.45, 2.75) is 0 Å². The predicted octanol–water partition coefficient (Wildman–Crippen LogP) is 5.08. The molecule has 0 unspecified atom stereocenters. The average Bonchev–Trinajstić information content (AvgIpc) is 2.28. The van der Waals surface area contributed by atoms with Gasteiger partial charge in [-0.25, -0.2) is 0 Å². The minimum absolute atomic E-state index is 0.524. The molecule has 0 heterocycles. The lowest BCUT2D eigenvalue weighted by Crippen LogP contribution is -1.97. The highest BCUT2D eigenvalue weighted by molar-refractivity contribution is 9.10. The molecule has 0 spiro atoms. The maximum atomic E-state index is 5.95. The van der Waals surface area contributed by atoms with E-state index in [1.54, 1.807) is 12.1 Å². The van der Waals surface area contributed by atoms with Gasteiger partial charge in [-0.2, -0.15) is 0 Å². The van der Waals surface area contributed by atoms with Gasteiger partial charge in [-0.15, -0.1) is 0 Å². The number of nitrogens with two attached hydrogens (primary N) is 1. The van der Waals surface area contributed by atoms with E-state index in [0.717, 1.165) is 15.8 Å². The highest BCUT2D eigenvalue weighted by atomic mass is 79.9. The fourth-order valence-corrected chi connectivity index (χ4v) is 2.34. The van der Waals surface area contributed by atoms with Crippen LogP contribution in [0.25, 0.3) is 0 Å². The molecule has 0 radical (unpaired) electrons. The van der Waals surface area contributed by atoms with E-state index in [4.69, 9.17) is 28.9 Å². The van der Waals surface area contributed by atoms with Crippen LogP contribution in [0, 0.1) is 0 Å². The Morgan fingerprint density at radius 3 is 2.53 bits per heavy atom. The van der Waals surface area contributed by atoms with Crippen molar-refractivity contribution in [1.82, 2.24) is 0 Å². The van der Waals surface area contributed by atoms with Gasteiger partial charge in [0, 0.05) is 9.50 Å². The Labute approximate surface area is 118 Å². The fourth-order valence-electron chi connectivity index (χ4n) is 1.38. The van der Waals surface area contributed by atoms with Gasteiger partial charge in [-0.05, 0) is 46.3 Å². The van der Waals surface area contributed by atoms with Crippen molar-refractivity contribution in [3.05, 3.63) is 50.9 Å². The van der Waals surface area contributed by atoms with Gasteiger partial charge < -0.3 is 11.1 Å². The summed E-state index contributed by atoms with van der Waals surface area (Å²) in [5.41, 5.74) is 8.04. The Hall–Kier alpha value is -0.900. The topological polar surface area (TPSA) is 38.0 Å². The SMILES string of the molecule is Nc1c(Cl)cccc1Nc1ccc(Cl)cc1Br. The Morgan fingerprint density at radius 1 is 1.06 bits per heavy atom. The lowest BCUT2D eigenvalue weighted by Gasteiger charge is -2.11. The molecule has 0 aliphatic heterocycles. The highest BCUT2D eigenvalue weighted by Crippen LogP contribution is 2.33. The van der Waals surface area contributed by atoms with Crippen LogP contribution < -0.4 is 11.1 Å². The van der Waals surface area contributed by atoms with Crippen LogP contribution in [0.5, 0.6) is 0 Å². The van der Waals surface area contributed by atoms with Crippen molar-refractivity contribution >= 4 is 56.2 Å². The van der Waals surface area contributed by atoms with Gasteiger partial charge in [0.2, 0.25) is 0 Å². The zero-order chi connectivity index (χ0) is 12.4. The van der Waals surface area contributed by atoms with Crippen molar-refractivity contribution in [3.8, 4) is 0 Å². The van der Waals surface area contributed by atoms with Crippen LogP contribution in [0.2, 0.25) is 10.0 Å². The minimum Gasteiger partial charge on any atom is -0.396 e. The normalized spacial score (nSPS) is 10.3. The molecule has 0 saturated carbocycles. The molecule has 0 aliphatic rings. The average molecular weight is 332 g/mol. The summed E-state index contributed by atoms with van der Waals surface area (Å²) in [6.07, 6.45) is 0. The number of halogens is 3. The van der Waals surface area contributed by atoms with E-state index >= 15 is 0 Å². The first-order valence-electron chi connectivity index (χ1n) is 4.84. The summed E-state index contributed by atoms with van der Waals surface area (Å²) in [6, 6.07) is 10.9. The Bertz CT molecular complexity index is 558. The molecule has 0 saturated heterocycles. The summed E-state index contributed by atoms with van der Waals surface area (Å²) in [7, 11) is 0. The van der Waals surface area contributed by atoms with Crippen molar-refractivity contribution in [1.29, 1.82) is 0 Å². The summed E-state index contributed by atoms with van der Waals surface area (Å²) < 4.78 is 0.865. The molecule has 2 nitrogen and oxygen atoms in total. The maximum absolute atomic E-state index is 5.95. The predicted molar refractivity (Wildman–Crippen MR) is 78.3 cm³/mol. The molecule has 2 aromatic carbocycles. The zero-order valence-electron chi connectivity index (χ0n) is 8.68. The van der Waals surface area contributed by atoms with Crippen LogP contribution >= 0.6 is 39.1 Å². The number of nitrogen functional groups attached to an aromatic ring is 1. The van der Waals surface area contributed by atoms with E-state index in [-0.39, 0.29) is 0 Å². The second kappa shape index (κ2) is 5.17. The third kappa shape index (κ3) is 2.86. The summed E-state index contributed by atoms with van der Waals surface area (Å²) in [5, 5.41) is 4.39. The molecule has 5 heteroatoms. The third-order valence-electron chi connectivity index (χ3n) is 2.25. The Balaban J connectivity index is 2.35. The summed E-state index contributed by atoms with van der Waals surface area (Å²) >= 11 is 15.2. The monoisotopic (exact) mass is 330 g/mol. The zero-order valence-corrected chi connectivity index (χ0v) is 11.8. The molecule has 2 rings (SSSR count). The number of hydrogen-bond acceptors (Lipinski definition) is 2. The smallest absolute Gasteiger partial charge is 0.0742 e. The summed E-state index contributed by atoms with van der Waals surface area (Å²) in [6.45, 7) is 0. The van der Waals surface area contributed by atoms with Crippen molar-refractivity contribution < 1.29 is 0 Å². The first-order chi connectivity index (χ1) is 8.08. The summed E-state index contributed by atoms with van der Waals surface area (Å²) in [4.78, 5) is 0. The van der Waals surface area contributed by atoms with E-state index < -0.39 is 0 Å². The first kappa shape index (κ1) is 12.6. The maximum Gasteiger partial charge on any atom is 0.0742 e. The van der Waals surface area contributed by atoms with Crippen molar-refractivity contribution in [3.63, 3.8) is 0 Å². The largest absolute Gasteiger partial charge is 0.396 e. The molecule has 0 aromatic heterocycles. The third-order valence-corrected chi connectivity index (χ3v) is 3.47. The van der Waals surface area contributed by atoms with Crippen LogP contribution in [-0.2, 0) is 0 Å². The molecule has 88 valence electrons. The van der Waals surface area contributed by atoms with E-state index in [2.05, 4.69) is 21.2 Å². The van der Waals surface area contributed by atoms with Crippen LogP contribution in [0.4, 0.5) is 17.1 Å². The minimum atomic E-state index is 0.524. The van der Waals surface area contributed by atoms with E-state index in [9.17, 15) is 0 Å². The molecule has 2 aromatic rings. The van der Waals surface area contributed by atoms with Gasteiger partial charge in [-0.1, -0.05) is 29.3 Å². The molecule has 0 aliphatic carbocycles. The molecule has 0 atom stereocenters. The number of rotatable bonds is 2. The number of hydrogen-bond donors (Lipinski definition) is 2. The first-order valence-corrected chi connectivity index (χ1v) is 6.39. The molecule has 0 fully saturated rings. The molecule has 0 bridgehead atoms. The molecule has 0 amide bonds. The van der Waals surface area contributed by atoms with Crippen LogP contribution in [0.1, 0.15) is 0 Å². The van der Waals surface area contributed by atoms with Crippen LogP contribution in [-0.4, -0.2) is 0 Å². The van der Waals surface area contributed by atoms with Gasteiger partial charge >= 0.3 is 0 Å². The van der Waals surface area contributed by atoms with Crippen molar-refractivity contribution in [2.24, 2.45) is 0 Å². The molecule has 17 heavy (non-hydrogen) atoms. The molecular weight excluding hydrogens is 323 g/mol. The number of nitrogens with one attached hydrogen (secondary N) is 1. The Morgan fingerprint density at radius 2 is 1.82 bits per heavy atom. The number of benzene rings is 2. The molecule has 3 N–H and O–H groups in total. The second-order valence-corrected chi connectivity index (χ2v) is 5.15. The highest BCUT2D eigenvalue weighted by Gasteiger charge is 2.05. The van der Waals surface area contributed by atoms with Crippen molar-refractivity contribution in [2.75, 3.05) is 11.1 Å². The lowest BCUT2D eigenvalue weighted by atomic mass is 10.2. The summed E-state index contributed by atoms with van der Waals surface area (Å²) in [5.74, 6) is 0. The van der Waals surface area contributed by atoms with Gasteiger partial charge in [0.1, 0.15) is 0 Å². The Kier molecular flexibility index (Phi) is 3.82. The second-order valence-electron chi connectivity index (χ2n) is 3.45. The lowest BCUT2D eigenvalue weighted by molar-refractivity contribution is 1.52. The number of anilines is 3. The van der Waals surface area contributed by atoms with Crippen LogP contribution in [0.3, 0.4) is 0 Å². The van der Waals surface area contributed by atoms with E-state index in [1.807, 2.05) is 24.3 Å².